The summed E-state index contributed by atoms with van der Waals surface area (Å²) in [5, 5.41) is 12.1. The zero-order chi connectivity index (χ0) is 20.1. The molecule has 2 atom stereocenters. The zero-order valence-corrected chi connectivity index (χ0v) is 15.7. The molecule has 2 aliphatic rings. The fourth-order valence-corrected chi connectivity index (χ4v) is 4.14. The Hall–Kier alpha value is -3.22. The first-order valence-corrected chi connectivity index (χ1v) is 9.19. The molecule has 1 saturated carbocycles. The molecule has 0 unspecified atom stereocenters. The molecule has 0 saturated heterocycles. The van der Waals surface area contributed by atoms with E-state index in [1.807, 2.05) is 12.1 Å². The smallest absolute Gasteiger partial charge is 0.307 e. The van der Waals surface area contributed by atoms with E-state index in [0.717, 1.165) is 11.3 Å². The molecule has 1 aliphatic carbocycles. The standard InChI is InChI=1S/C21H21N3O4/c1-21(2)16(17(21)20(27)28)18(25)23-14-5-6-15-12(10-14)7-9-24(15)19(26)13-4-3-8-22-11-13/h3-6,8,10-11,16-17H,7,9H2,1-2H3,(H,23,25)(H,27,28)/t16-,17-/m0/s1. The normalized spacial score (nSPS) is 21.7. The van der Waals surface area contributed by atoms with Crippen molar-refractivity contribution in [2.45, 2.75) is 20.3 Å². The Labute approximate surface area is 162 Å². The van der Waals surface area contributed by atoms with Gasteiger partial charge >= 0.3 is 5.97 Å². The molecule has 144 valence electrons. The number of nitrogens with zero attached hydrogens (tertiary/aromatic N) is 2. The molecular weight excluding hydrogens is 358 g/mol. The summed E-state index contributed by atoms with van der Waals surface area (Å²) < 4.78 is 0. The van der Waals surface area contributed by atoms with E-state index >= 15 is 0 Å². The second kappa shape index (κ2) is 6.44. The zero-order valence-electron chi connectivity index (χ0n) is 15.7. The molecule has 2 heterocycles. The van der Waals surface area contributed by atoms with E-state index in [2.05, 4.69) is 10.3 Å². The van der Waals surface area contributed by atoms with Gasteiger partial charge in [0.2, 0.25) is 5.91 Å². The highest BCUT2D eigenvalue weighted by Gasteiger charge is 2.65. The van der Waals surface area contributed by atoms with E-state index in [0.29, 0.717) is 24.2 Å². The van der Waals surface area contributed by atoms with Crippen molar-refractivity contribution in [1.82, 2.24) is 4.98 Å². The van der Waals surface area contributed by atoms with Gasteiger partial charge in [0.1, 0.15) is 0 Å². The molecule has 1 aromatic heterocycles. The predicted molar refractivity (Wildman–Crippen MR) is 103 cm³/mol. The number of carbonyl (C=O) groups excluding carboxylic acids is 2. The van der Waals surface area contributed by atoms with Crippen LogP contribution in [-0.2, 0) is 16.0 Å². The predicted octanol–water partition coefficient (Wildman–Crippen LogP) is 2.58. The van der Waals surface area contributed by atoms with Crippen molar-refractivity contribution in [2.75, 3.05) is 16.8 Å². The van der Waals surface area contributed by atoms with Gasteiger partial charge in [0, 0.05) is 30.3 Å². The number of amides is 2. The number of fused-ring (bicyclic) bond motifs is 1. The second-order valence-electron chi connectivity index (χ2n) is 7.90. The molecule has 2 aromatic rings. The van der Waals surface area contributed by atoms with E-state index in [9.17, 15) is 19.5 Å². The lowest BCUT2D eigenvalue weighted by Gasteiger charge is -2.17. The van der Waals surface area contributed by atoms with Gasteiger partial charge in [-0.05, 0) is 47.7 Å². The maximum atomic E-state index is 12.7. The van der Waals surface area contributed by atoms with E-state index in [1.54, 1.807) is 49.3 Å². The molecular formula is C21H21N3O4. The summed E-state index contributed by atoms with van der Waals surface area (Å²) in [6, 6.07) is 8.88. The summed E-state index contributed by atoms with van der Waals surface area (Å²) in [7, 11) is 0. The van der Waals surface area contributed by atoms with Crippen molar-refractivity contribution in [2.24, 2.45) is 17.3 Å². The fourth-order valence-electron chi connectivity index (χ4n) is 4.14. The van der Waals surface area contributed by atoms with Crippen LogP contribution in [0.4, 0.5) is 11.4 Å². The maximum Gasteiger partial charge on any atom is 0.307 e. The van der Waals surface area contributed by atoms with Gasteiger partial charge in [0.05, 0.1) is 17.4 Å². The fraction of sp³-hybridized carbons (Fsp3) is 0.333. The number of nitrogens with one attached hydrogen (secondary N) is 1. The van der Waals surface area contributed by atoms with Gasteiger partial charge in [-0.1, -0.05) is 13.8 Å². The van der Waals surface area contributed by atoms with Crippen molar-refractivity contribution in [3.8, 4) is 0 Å². The van der Waals surface area contributed by atoms with E-state index in [4.69, 9.17) is 0 Å². The van der Waals surface area contributed by atoms with Crippen molar-refractivity contribution >= 4 is 29.2 Å². The number of aliphatic carboxylic acids is 1. The van der Waals surface area contributed by atoms with Crippen molar-refractivity contribution in [3.63, 3.8) is 0 Å². The van der Waals surface area contributed by atoms with Crippen molar-refractivity contribution in [1.29, 1.82) is 0 Å². The number of benzene rings is 1. The molecule has 2 N–H and O–H groups in total. The molecule has 7 nitrogen and oxygen atoms in total. The molecule has 28 heavy (non-hydrogen) atoms. The Morgan fingerprint density at radius 3 is 2.64 bits per heavy atom. The van der Waals surface area contributed by atoms with Gasteiger partial charge in [0.25, 0.3) is 5.91 Å². The monoisotopic (exact) mass is 379 g/mol. The highest BCUT2D eigenvalue weighted by atomic mass is 16.4. The molecule has 0 bridgehead atoms. The third kappa shape index (κ3) is 2.93. The van der Waals surface area contributed by atoms with Crippen LogP contribution in [0.3, 0.4) is 0 Å². The minimum Gasteiger partial charge on any atom is -0.481 e. The van der Waals surface area contributed by atoms with Crippen LogP contribution in [0.2, 0.25) is 0 Å². The summed E-state index contributed by atoms with van der Waals surface area (Å²) in [5.74, 6) is -2.52. The number of rotatable bonds is 4. The van der Waals surface area contributed by atoms with Crippen LogP contribution in [0, 0.1) is 17.3 Å². The lowest BCUT2D eigenvalue weighted by atomic mass is 10.1. The van der Waals surface area contributed by atoms with Gasteiger partial charge in [-0.3, -0.25) is 19.4 Å². The first-order valence-electron chi connectivity index (χ1n) is 9.19. The minimum atomic E-state index is -0.941. The van der Waals surface area contributed by atoms with Crippen LogP contribution in [0.5, 0.6) is 0 Å². The van der Waals surface area contributed by atoms with Gasteiger partial charge in [-0.25, -0.2) is 0 Å². The van der Waals surface area contributed by atoms with E-state index < -0.39 is 23.2 Å². The molecule has 7 heteroatoms. The summed E-state index contributed by atoms with van der Waals surface area (Å²) in [5.41, 5.74) is 2.40. The maximum absolute atomic E-state index is 12.7. The highest BCUT2D eigenvalue weighted by Crippen LogP contribution is 2.58. The highest BCUT2D eigenvalue weighted by molar-refractivity contribution is 6.07. The number of carboxylic acid groups (broad SMARTS) is 1. The molecule has 2 amide bonds. The number of carbonyl (C=O) groups is 3. The molecule has 0 spiro atoms. The quantitative estimate of drug-likeness (QED) is 0.851. The van der Waals surface area contributed by atoms with Gasteiger partial charge in [0.15, 0.2) is 0 Å². The summed E-state index contributed by atoms with van der Waals surface area (Å²) >= 11 is 0. The van der Waals surface area contributed by atoms with E-state index in [1.165, 1.54) is 0 Å². The first kappa shape index (κ1) is 18.2. The van der Waals surface area contributed by atoms with Crippen LogP contribution in [0.1, 0.15) is 29.8 Å². The van der Waals surface area contributed by atoms with Crippen molar-refractivity contribution < 1.29 is 19.5 Å². The Kier molecular flexibility index (Phi) is 4.18. The molecule has 1 aliphatic heterocycles. The SMILES string of the molecule is CC1(C)[C@H](C(=O)O)[C@H]1C(=O)Nc1ccc2c(c1)CCN2C(=O)c1cccnc1. The Bertz CT molecular complexity index is 971. The largest absolute Gasteiger partial charge is 0.481 e. The van der Waals surface area contributed by atoms with Crippen LogP contribution in [-0.4, -0.2) is 34.4 Å². The number of aromatic nitrogens is 1. The van der Waals surface area contributed by atoms with Gasteiger partial charge in [-0.2, -0.15) is 0 Å². The topological polar surface area (TPSA) is 99.6 Å². The van der Waals surface area contributed by atoms with E-state index in [-0.39, 0.29) is 11.8 Å². The minimum absolute atomic E-state index is 0.104. The molecule has 0 radical (unpaired) electrons. The van der Waals surface area contributed by atoms with Gasteiger partial charge in [-0.15, -0.1) is 0 Å². The summed E-state index contributed by atoms with van der Waals surface area (Å²) in [4.78, 5) is 42.2. The Morgan fingerprint density at radius 2 is 2.00 bits per heavy atom. The number of hydrogen-bond donors (Lipinski definition) is 2. The summed E-state index contributed by atoms with van der Waals surface area (Å²) in [6.07, 6.45) is 3.86. The molecule has 4 rings (SSSR count). The Morgan fingerprint density at radius 1 is 1.21 bits per heavy atom. The number of pyridine rings is 1. The lowest BCUT2D eigenvalue weighted by molar-refractivity contribution is -0.140. The third-order valence-corrected chi connectivity index (χ3v) is 5.77. The molecule has 1 aromatic carbocycles. The van der Waals surface area contributed by atoms with Crippen molar-refractivity contribution in [3.05, 3.63) is 53.9 Å². The first-order chi connectivity index (χ1) is 13.3. The number of anilines is 2. The number of hydrogen-bond acceptors (Lipinski definition) is 4. The average molecular weight is 379 g/mol. The second-order valence-corrected chi connectivity index (χ2v) is 7.90. The third-order valence-electron chi connectivity index (χ3n) is 5.77. The molecule has 1 fully saturated rings. The lowest BCUT2D eigenvalue weighted by Crippen LogP contribution is -2.28. The van der Waals surface area contributed by atoms with Crippen LogP contribution in [0.15, 0.2) is 42.7 Å². The summed E-state index contributed by atoms with van der Waals surface area (Å²) in [6.45, 7) is 4.15. The van der Waals surface area contributed by atoms with Gasteiger partial charge < -0.3 is 15.3 Å². The van der Waals surface area contributed by atoms with Crippen LogP contribution < -0.4 is 10.2 Å². The van der Waals surface area contributed by atoms with Crippen LogP contribution in [0.25, 0.3) is 0 Å². The van der Waals surface area contributed by atoms with Crippen LogP contribution >= 0.6 is 0 Å². The average Bonchev–Trinajstić information content (AvgIpc) is 3.04. The Balaban J connectivity index is 1.49. The number of carboxylic acids is 1.